The van der Waals surface area contributed by atoms with Gasteiger partial charge in [-0.1, -0.05) is 25.0 Å². The summed E-state index contributed by atoms with van der Waals surface area (Å²) in [6.45, 7) is 3.55. The molecule has 9 nitrogen and oxygen atoms in total. The van der Waals surface area contributed by atoms with E-state index >= 15 is 0 Å². The summed E-state index contributed by atoms with van der Waals surface area (Å²) in [6.07, 6.45) is 9.71. The Kier molecular flexibility index (Phi) is 6.13. The van der Waals surface area contributed by atoms with Gasteiger partial charge in [-0.2, -0.15) is 0 Å². The second kappa shape index (κ2) is 9.41. The van der Waals surface area contributed by atoms with Crippen LogP contribution in [-0.4, -0.2) is 30.8 Å². The number of hydrogen-bond acceptors (Lipinski definition) is 6. The summed E-state index contributed by atoms with van der Waals surface area (Å²) in [7, 11) is 0. The minimum atomic E-state index is -0.562. The van der Waals surface area contributed by atoms with Gasteiger partial charge in [-0.05, 0) is 50.5 Å². The van der Waals surface area contributed by atoms with Crippen LogP contribution < -0.4 is 16.6 Å². The Morgan fingerprint density at radius 2 is 1.83 bits per heavy atom. The number of nitrogen functional groups attached to an aromatic ring is 1. The minimum Gasteiger partial charge on any atom is -0.383 e. The summed E-state index contributed by atoms with van der Waals surface area (Å²) in [5.41, 5.74) is 9.29. The number of fused-ring (bicyclic) bond motifs is 1. The largest absolute Gasteiger partial charge is 0.383 e. The Labute approximate surface area is 208 Å². The average molecular weight is 485 g/mol. The molecule has 1 aromatic carbocycles. The number of benzene rings is 1. The van der Waals surface area contributed by atoms with Crippen LogP contribution in [0.2, 0.25) is 0 Å². The van der Waals surface area contributed by atoms with Gasteiger partial charge in [0.2, 0.25) is 0 Å². The molecule has 1 amide bonds. The zero-order chi connectivity index (χ0) is 25.4. The molecule has 3 N–H and O–H groups in total. The molecule has 9 heteroatoms. The fourth-order valence-electron chi connectivity index (χ4n) is 4.95. The van der Waals surface area contributed by atoms with Gasteiger partial charge in [0.15, 0.2) is 5.78 Å². The highest BCUT2D eigenvalue weighted by atomic mass is 16.2. The van der Waals surface area contributed by atoms with E-state index < -0.39 is 11.5 Å². The fraction of sp³-hybridized carbons (Fsp3) is 0.296. The number of aromatic nitrogens is 4. The SMILES string of the molecule is CCn1cc(C(C)=O)cc(C(=O)Nc2ccc(-c3cn(C4CCCC4)c4ncnc(N)c34)cc2)c1=O. The number of ketones is 1. The Balaban J connectivity index is 1.46. The van der Waals surface area contributed by atoms with Crippen LogP contribution in [0, 0.1) is 0 Å². The van der Waals surface area contributed by atoms with Gasteiger partial charge in [-0.15, -0.1) is 0 Å². The van der Waals surface area contributed by atoms with Crippen LogP contribution in [0.5, 0.6) is 0 Å². The lowest BCUT2D eigenvalue weighted by molar-refractivity contribution is 0.101. The summed E-state index contributed by atoms with van der Waals surface area (Å²) in [4.78, 5) is 46.2. The van der Waals surface area contributed by atoms with Crippen LogP contribution in [0.1, 0.15) is 66.3 Å². The predicted octanol–water partition coefficient (Wildman–Crippen LogP) is 4.43. The van der Waals surface area contributed by atoms with Crippen LogP contribution in [0.15, 0.2) is 53.8 Å². The molecule has 1 saturated carbocycles. The molecule has 4 aromatic rings. The number of aryl methyl sites for hydroxylation is 1. The number of nitrogens with two attached hydrogens (primary N) is 1. The third-order valence-electron chi connectivity index (χ3n) is 6.89. The first-order valence-electron chi connectivity index (χ1n) is 12.2. The molecule has 1 aliphatic rings. The number of amides is 1. The number of hydrogen-bond donors (Lipinski definition) is 2. The van der Waals surface area contributed by atoms with E-state index in [9.17, 15) is 14.4 Å². The van der Waals surface area contributed by atoms with Crippen LogP contribution >= 0.6 is 0 Å². The van der Waals surface area contributed by atoms with Crippen molar-refractivity contribution in [1.29, 1.82) is 0 Å². The van der Waals surface area contributed by atoms with E-state index in [-0.39, 0.29) is 11.3 Å². The van der Waals surface area contributed by atoms with Crippen molar-refractivity contribution >= 4 is 34.2 Å². The summed E-state index contributed by atoms with van der Waals surface area (Å²) in [5, 5.41) is 3.60. The van der Waals surface area contributed by atoms with Crippen molar-refractivity contribution in [3.05, 3.63) is 70.5 Å². The first-order valence-corrected chi connectivity index (χ1v) is 12.2. The van der Waals surface area contributed by atoms with Crippen molar-refractivity contribution in [2.75, 3.05) is 11.1 Å². The van der Waals surface area contributed by atoms with E-state index in [4.69, 9.17) is 5.73 Å². The number of Topliss-reactive ketones (excluding diaryl/α,β-unsaturated/α-hetero) is 1. The second-order valence-corrected chi connectivity index (χ2v) is 9.17. The molecule has 0 spiro atoms. The maximum absolute atomic E-state index is 12.9. The molecule has 3 aromatic heterocycles. The van der Waals surface area contributed by atoms with Crippen LogP contribution in [-0.2, 0) is 6.54 Å². The minimum absolute atomic E-state index is 0.0711. The molecule has 0 bridgehead atoms. The molecule has 0 saturated heterocycles. The van der Waals surface area contributed by atoms with Gasteiger partial charge in [0.05, 0.1) is 5.39 Å². The van der Waals surface area contributed by atoms with Gasteiger partial charge < -0.3 is 20.2 Å². The standard InChI is InChI=1S/C27H28N6O3/c1-3-32-13-18(16(2)34)12-21(27(32)36)26(35)31-19-10-8-17(9-11-19)22-14-33(20-6-4-5-7-20)25-23(22)24(28)29-15-30-25/h8-15,20H,3-7H2,1-2H3,(H,31,35)(H2,28,29,30). The van der Waals surface area contributed by atoms with E-state index in [1.54, 1.807) is 19.1 Å². The Morgan fingerprint density at radius 1 is 1.11 bits per heavy atom. The maximum atomic E-state index is 12.9. The number of pyridine rings is 1. The highest BCUT2D eigenvalue weighted by molar-refractivity contribution is 6.06. The predicted molar refractivity (Wildman–Crippen MR) is 139 cm³/mol. The second-order valence-electron chi connectivity index (χ2n) is 9.17. The normalized spacial score (nSPS) is 13.8. The Morgan fingerprint density at radius 3 is 2.50 bits per heavy atom. The van der Waals surface area contributed by atoms with Gasteiger partial charge in [-0.25, -0.2) is 9.97 Å². The molecule has 0 radical (unpaired) electrons. The van der Waals surface area contributed by atoms with E-state index in [1.165, 1.54) is 42.9 Å². The summed E-state index contributed by atoms with van der Waals surface area (Å²) >= 11 is 0. The molecular weight excluding hydrogens is 456 g/mol. The number of nitrogens with one attached hydrogen (secondary N) is 1. The summed E-state index contributed by atoms with van der Waals surface area (Å²) in [6, 6.07) is 9.09. The first-order chi connectivity index (χ1) is 17.4. The molecule has 1 aliphatic carbocycles. The maximum Gasteiger partial charge on any atom is 0.263 e. The van der Waals surface area contributed by atoms with Crippen molar-refractivity contribution in [2.45, 2.75) is 52.1 Å². The van der Waals surface area contributed by atoms with Crippen molar-refractivity contribution in [3.8, 4) is 11.1 Å². The number of anilines is 2. The average Bonchev–Trinajstić information content (AvgIpc) is 3.53. The zero-order valence-electron chi connectivity index (χ0n) is 20.3. The van der Waals surface area contributed by atoms with Crippen molar-refractivity contribution in [2.24, 2.45) is 0 Å². The fourth-order valence-corrected chi connectivity index (χ4v) is 4.95. The first kappa shape index (κ1) is 23.5. The highest BCUT2D eigenvalue weighted by Gasteiger charge is 2.23. The monoisotopic (exact) mass is 484 g/mol. The topological polar surface area (TPSA) is 125 Å². The lowest BCUT2D eigenvalue weighted by Gasteiger charge is -2.12. The summed E-state index contributed by atoms with van der Waals surface area (Å²) in [5.74, 6) is -0.342. The van der Waals surface area contributed by atoms with E-state index in [0.717, 1.165) is 35.0 Å². The third-order valence-corrected chi connectivity index (χ3v) is 6.89. The van der Waals surface area contributed by atoms with Gasteiger partial charge in [0.25, 0.3) is 11.5 Å². The zero-order valence-corrected chi connectivity index (χ0v) is 20.3. The summed E-state index contributed by atoms with van der Waals surface area (Å²) < 4.78 is 3.58. The van der Waals surface area contributed by atoms with Crippen molar-refractivity contribution < 1.29 is 9.59 Å². The number of rotatable bonds is 6. The quantitative estimate of drug-likeness (QED) is 0.390. The van der Waals surface area contributed by atoms with E-state index in [0.29, 0.717) is 29.7 Å². The molecule has 5 rings (SSSR count). The smallest absolute Gasteiger partial charge is 0.263 e. The van der Waals surface area contributed by atoms with E-state index in [2.05, 4.69) is 26.0 Å². The Hall–Kier alpha value is -4.27. The van der Waals surface area contributed by atoms with Gasteiger partial charge >= 0.3 is 0 Å². The van der Waals surface area contributed by atoms with Crippen LogP contribution in [0.25, 0.3) is 22.2 Å². The number of carbonyl (C=O) groups is 2. The van der Waals surface area contributed by atoms with E-state index in [1.807, 2.05) is 12.1 Å². The van der Waals surface area contributed by atoms with Gasteiger partial charge in [-0.3, -0.25) is 14.4 Å². The lowest BCUT2D eigenvalue weighted by Crippen LogP contribution is -2.29. The molecule has 184 valence electrons. The third kappa shape index (κ3) is 4.17. The van der Waals surface area contributed by atoms with Crippen LogP contribution in [0.4, 0.5) is 11.5 Å². The molecule has 0 unspecified atom stereocenters. The molecule has 0 aliphatic heterocycles. The lowest BCUT2D eigenvalue weighted by atomic mass is 10.1. The highest BCUT2D eigenvalue weighted by Crippen LogP contribution is 2.38. The molecule has 0 atom stereocenters. The molecule has 1 fully saturated rings. The Bertz CT molecular complexity index is 1530. The number of carbonyl (C=O) groups excluding carboxylic acids is 2. The van der Waals surface area contributed by atoms with Crippen molar-refractivity contribution in [3.63, 3.8) is 0 Å². The molecule has 36 heavy (non-hydrogen) atoms. The number of nitrogens with zero attached hydrogens (tertiary/aromatic N) is 4. The van der Waals surface area contributed by atoms with Crippen LogP contribution in [0.3, 0.4) is 0 Å². The van der Waals surface area contributed by atoms with Gasteiger partial charge in [0, 0.05) is 41.8 Å². The molecule has 3 heterocycles. The van der Waals surface area contributed by atoms with Crippen molar-refractivity contribution in [1.82, 2.24) is 19.1 Å². The van der Waals surface area contributed by atoms with Gasteiger partial charge in [0.1, 0.15) is 23.4 Å². The molecular formula is C27H28N6O3.